The van der Waals surface area contributed by atoms with E-state index in [-0.39, 0.29) is 12.5 Å². The van der Waals surface area contributed by atoms with Crippen LogP contribution < -0.4 is 10.1 Å². The Morgan fingerprint density at radius 2 is 2.18 bits per heavy atom. The summed E-state index contributed by atoms with van der Waals surface area (Å²) in [5.74, 6) is 1.08. The lowest BCUT2D eigenvalue weighted by atomic mass is 10.2. The SMILES string of the molecule is Cc1cc(OCC(=O)NCC(C)C)ccc1Br. The van der Waals surface area contributed by atoms with Crippen LogP contribution in [0.3, 0.4) is 0 Å². The summed E-state index contributed by atoms with van der Waals surface area (Å²) in [5.41, 5.74) is 1.09. The molecule has 0 bridgehead atoms. The van der Waals surface area contributed by atoms with E-state index in [4.69, 9.17) is 4.74 Å². The number of benzene rings is 1. The van der Waals surface area contributed by atoms with Gasteiger partial charge in [0.05, 0.1) is 0 Å². The lowest BCUT2D eigenvalue weighted by Crippen LogP contribution is -2.31. The number of nitrogens with one attached hydrogen (secondary N) is 1. The van der Waals surface area contributed by atoms with E-state index in [1.807, 2.05) is 25.1 Å². The van der Waals surface area contributed by atoms with Gasteiger partial charge in [0.2, 0.25) is 0 Å². The first-order chi connectivity index (χ1) is 7.99. The van der Waals surface area contributed by atoms with Crippen LogP contribution in [0.4, 0.5) is 0 Å². The number of amides is 1. The van der Waals surface area contributed by atoms with Gasteiger partial charge < -0.3 is 10.1 Å². The molecular formula is C13H18BrNO2. The molecule has 0 aliphatic rings. The molecule has 1 N–H and O–H groups in total. The van der Waals surface area contributed by atoms with Crippen molar-refractivity contribution < 1.29 is 9.53 Å². The second-order valence-electron chi connectivity index (χ2n) is 4.40. The molecule has 0 heterocycles. The maximum Gasteiger partial charge on any atom is 0.257 e. The Morgan fingerprint density at radius 3 is 2.76 bits per heavy atom. The maximum absolute atomic E-state index is 11.4. The van der Waals surface area contributed by atoms with Gasteiger partial charge in [-0.25, -0.2) is 0 Å². The van der Waals surface area contributed by atoms with Gasteiger partial charge in [-0.1, -0.05) is 29.8 Å². The summed E-state index contributed by atoms with van der Waals surface area (Å²) in [5, 5.41) is 2.81. The van der Waals surface area contributed by atoms with E-state index in [0.29, 0.717) is 18.2 Å². The Morgan fingerprint density at radius 1 is 1.47 bits per heavy atom. The number of rotatable bonds is 5. The second kappa shape index (κ2) is 6.64. The van der Waals surface area contributed by atoms with Crippen molar-refractivity contribution in [3.05, 3.63) is 28.2 Å². The molecule has 17 heavy (non-hydrogen) atoms. The summed E-state index contributed by atoms with van der Waals surface area (Å²) in [6.07, 6.45) is 0. The van der Waals surface area contributed by atoms with Gasteiger partial charge in [-0.2, -0.15) is 0 Å². The third-order valence-corrected chi connectivity index (χ3v) is 3.10. The van der Waals surface area contributed by atoms with Crippen molar-refractivity contribution in [1.29, 1.82) is 0 Å². The maximum atomic E-state index is 11.4. The molecule has 1 aromatic carbocycles. The highest BCUT2D eigenvalue weighted by Crippen LogP contribution is 2.21. The van der Waals surface area contributed by atoms with Gasteiger partial charge in [0.25, 0.3) is 5.91 Å². The van der Waals surface area contributed by atoms with Gasteiger partial charge in [0, 0.05) is 11.0 Å². The van der Waals surface area contributed by atoms with Crippen molar-refractivity contribution in [2.45, 2.75) is 20.8 Å². The quantitative estimate of drug-likeness (QED) is 0.908. The highest BCUT2D eigenvalue weighted by atomic mass is 79.9. The molecule has 0 atom stereocenters. The number of halogens is 1. The Hall–Kier alpha value is -1.03. The summed E-state index contributed by atoms with van der Waals surface area (Å²) in [6, 6.07) is 5.66. The largest absolute Gasteiger partial charge is 0.484 e. The first-order valence-electron chi connectivity index (χ1n) is 5.64. The summed E-state index contributed by atoms with van der Waals surface area (Å²) < 4.78 is 6.44. The van der Waals surface area contributed by atoms with Crippen LogP contribution in [0.5, 0.6) is 5.75 Å². The third-order valence-electron chi connectivity index (χ3n) is 2.21. The zero-order valence-electron chi connectivity index (χ0n) is 10.4. The van der Waals surface area contributed by atoms with Crippen LogP contribution in [0, 0.1) is 12.8 Å². The molecule has 0 aromatic heterocycles. The molecule has 1 rings (SSSR count). The molecule has 0 fully saturated rings. The molecule has 0 aliphatic carbocycles. The summed E-state index contributed by atoms with van der Waals surface area (Å²) in [7, 11) is 0. The van der Waals surface area contributed by atoms with Crippen LogP contribution in [0.2, 0.25) is 0 Å². The minimum Gasteiger partial charge on any atom is -0.484 e. The fraction of sp³-hybridized carbons (Fsp3) is 0.462. The molecule has 0 saturated heterocycles. The van der Waals surface area contributed by atoms with E-state index in [9.17, 15) is 4.79 Å². The zero-order chi connectivity index (χ0) is 12.8. The lowest BCUT2D eigenvalue weighted by molar-refractivity contribution is -0.123. The average molecular weight is 300 g/mol. The van der Waals surface area contributed by atoms with Crippen molar-refractivity contribution in [1.82, 2.24) is 5.32 Å². The van der Waals surface area contributed by atoms with E-state index in [2.05, 4.69) is 35.1 Å². The van der Waals surface area contributed by atoms with Crippen LogP contribution in [-0.2, 0) is 4.79 Å². The molecule has 1 aromatic rings. The molecule has 1 amide bonds. The van der Waals surface area contributed by atoms with E-state index in [0.717, 1.165) is 10.0 Å². The number of carbonyl (C=O) groups is 1. The number of hydrogen-bond acceptors (Lipinski definition) is 2. The molecule has 3 nitrogen and oxygen atoms in total. The molecule has 94 valence electrons. The fourth-order valence-corrected chi connectivity index (χ4v) is 1.47. The summed E-state index contributed by atoms with van der Waals surface area (Å²) in [6.45, 7) is 6.84. The minimum atomic E-state index is -0.0840. The van der Waals surface area contributed by atoms with Gasteiger partial charge >= 0.3 is 0 Å². The predicted molar refractivity (Wildman–Crippen MR) is 72.2 cm³/mol. The number of ether oxygens (including phenoxy) is 1. The molecule has 0 spiro atoms. The molecule has 4 heteroatoms. The monoisotopic (exact) mass is 299 g/mol. The molecular weight excluding hydrogens is 282 g/mol. The highest BCUT2D eigenvalue weighted by Gasteiger charge is 2.04. The van der Waals surface area contributed by atoms with Crippen molar-refractivity contribution in [3.63, 3.8) is 0 Å². The van der Waals surface area contributed by atoms with E-state index in [1.165, 1.54) is 0 Å². The van der Waals surface area contributed by atoms with Crippen molar-refractivity contribution in [2.24, 2.45) is 5.92 Å². The predicted octanol–water partition coefficient (Wildman–Crippen LogP) is 2.91. The van der Waals surface area contributed by atoms with Gasteiger partial charge in [-0.3, -0.25) is 4.79 Å². The standard InChI is InChI=1S/C13H18BrNO2/c1-9(2)7-15-13(16)8-17-11-4-5-12(14)10(3)6-11/h4-6,9H,7-8H2,1-3H3,(H,15,16). The van der Waals surface area contributed by atoms with Crippen molar-refractivity contribution in [3.8, 4) is 5.75 Å². The first-order valence-corrected chi connectivity index (χ1v) is 6.44. The topological polar surface area (TPSA) is 38.3 Å². The molecule has 0 radical (unpaired) electrons. The number of aryl methyl sites for hydroxylation is 1. The normalized spacial score (nSPS) is 10.4. The number of hydrogen-bond donors (Lipinski definition) is 1. The van der Waals surface area contributed by atoms with Gasteiger partial charge in [0.1, 0.15) is 5.75 Å². The van der Waals surface area contributed by atoms with Crippen LogP contribution in [-0.4, -0.2) is 19.1 Å². The zero-order valence-corrected chi connectivity index (χ0v) is 12.0. The average Bonchev–Trinajstić information content (AvgIpc) is 2.28. The summed E-state index contributed by atoms with van der Waals surface area (Å²) >= 11 is 3.42. The van der Waals surface area contributed by atoms with E-state index < -0.39 is 0 Å². The lowest BCUT2D eigenvalue weighted by Gasteiger charge is -2.09. The minimum absolute atomic E-state index is 0.0633. The second-order valence-corrected chi connectivity index (χ2v) is 5.25. The fourth-order valence-electron chi connectivity index (χ4n) is 1.22. The Balaban J connectivity index is 2.39. The van der Waals surface area contributed by atoms with E-state index in [1.54, 1.807) is 0 Å². The van der Waals surface area contributed by atoms with Crippen LogP contribution in [0.15, 0.2) is 22.7 Å². The van der Waals surface area contributed by atoms with Crippen LogP contribution in [0.25, 0.3) is 0 Å². The summed E-state index contributed by atoms with van der Waals surface area (Å²) in [4.78, 5) is 11.4. The van der Waals surface area contributed by atoms with Gasteiger partial charge in [-0.05, 0) is 36.6 Å². The highest BCUT2D eigenvalue weighted by molar-refractivity contribution is 9.10. The number of carbonyl (C=O) groups excluding carboxylic acids is 1. The van der Waals surface area contributed by atoms with E-state index >= 15 is 0 Å². The molecule has 0 unspecified atom stereocenters. The van der Waals surface area contributed by atoms with Gasteiger partial charge in [-0.15, -0.1) is 0 Å². The van der Waals surface area contributed by atoms with Crippen molar-refractivity contribution >= 4 is 21.8 Å². The Kier molecular flexibility index (Phi) is 5.48. The molecule has 0 aliphatic heterocycles. The van der Waals surface area contributed by atoms with Crippen LogP contribution in [0.1, 0.15) is 19.4 Å². The van der Waals surface area contributed by atoms with Crippen molar-refractivity contribution in [2.75, 3.05) is 13.2 Å². The molecule has 0 saturated carbocycles. The third kappa shape index (κ3) is 5.22. The Bertz CT molecular complexity index is 391. The Labute approximate surface area is 111 Å². The van der Waals surface area contributed by atoms with Crippen LogP contribution >= 0.6 is 15.9 Å². The smallest absolute Gasteiger partial charge is 0.257 e. The first kappa shape index (κ1) is 14.0. The van der Waals surface area contributed by atoms with Gasteiger partial charge in [0.15, 0.2) is 6.61 Å².